The highest BCUT2D eigenvalue weighted by Gasteiger charge is 2.15. The summed E-state index contributed by atoms with van der Waals surface area (Å²) in [4.78, 5) is 1.14. The van der Waals surface area contributed by atoms with Gasteiger partial charge in [-0.2, -0.15) is 0 Å². The highest BCUT2D eigenvalue weighted by atomic mass is 79.9. The van der Waals surface area contributed by atoms with Crippen LogP contribution in [0.2, 0.25) is 0 Å². The number of aryl methyl sites for hydroxylation is 2. The molecule has 0 aliphatic rings. The average Bonchev–Trinajstić information content (AvgIpc) is 2.77. The SMILES string of the molecule is Cc1ccc(C)c(OC(CN)c2cc(Br)cs2)c1. The first-order valence-corrected chi connectivity index (χ1v) is 7.45. The van der Waals surface area contributed by atoms with Crippen molar-refractivity contribution in [2.24, 2.45) is 5.73 Å². The molecule has 0 aliphatic heterocycles. The molecule has 2 rings (SSSR count). The number of ether oxygens (including phenoxy) is 1. The van der Waals surface area contributed by atoms with Gasteiger partial charge in [0.15, 0.2) is 0 Å². The molecule has 2 aromatic rings. The van der Waals surface area contributed by atoms with Crippen LogP contribution in [0.1, 0.15) is 22.1 Å². The first kappa shape index (κ1) is 13.6. The summed E-state index contributed by atoms with van der Waals surface area (Å²) in [5, 5.41) is 2.05. The summed E-state index contributed by atoms with van der Waals surface area (Å²) in [6, 6.07) is 8.28. The number of hydrogen-bond donors (Lipinski definition) is 1. The maximum Gasteiger partial charge on any atom is 0.145 e. The zero-order valence-corrected chi connectivity index (χ0v) is 12.8. The summed E-state index contributed by atoms with van der Waals surface area (Å²) in [5.41, 5.74) is 8.14. The Morgan fingerprint density at radius 2 is 2.11 bits per heavy atom. The van der Waals surface area contributed by atoms with Gasteiger partial charge in [-0.05, 0) is 53.0 Å². The molecular weight excluding hydrogens is 310 g/mol. The molecule has 0 amide bonds. The van der Waals surface area contributed by atoms with E-state index in [1.165, 1.54) is 5.56 Å². The van der Waals surface area contributed by atoms with Gasteiger partial charge in [-0.25, -0.2) is 0 Å². The normalized spacial score (nSPS) is 12.4. The van der Waals surface area contributed by atoms with Crippen LogP contribution in [-0.2, 0) is 0 Å². The summed E-state index contributed by atoms with van der Waals surface area (Å²) in [5.74, 6) is 0.912. The van der Waals surface area contributed by atoms with Gasteiger partial charge in [-0.3, -0.25) is 0 Å². The standard InChI is InChI=1S/C14H16BrNOS/c1-9-3-4-10(2)12(5-9)17-13(7-16)14-6-11(15)8-18-14/h3-6,8,13H,7,16H2,1-2H3. The minimum atomic E-state index is -0.0817. The molecule has 1 aromatic carbocycles. The highest BCUT2D eigenvalue weighted by molar-refractivity contribution is 9.10. The lowest BCUT2D eigenvalue weighted by atomic mass is 10.1. The smallest absolute Gasteiger partial charge is 0.145 e. The second-order valence-corrected chi connectivity index (χ2v) is 6.14. The number of rotatable bonds is 4. The van der Waals surface area contributed by atoms with E-state index in [4.69, 9.17) is 10.5 Å². The van der Waals surface area contributed by atoms with Crippen LogP contribution in [0.15, 0.2) is 34.1 Å². The molecule has 0 saturated heterocycles. The Morgan fingerprint density at radius 3 is 2.72 bits per heavy atom. The molecule has 0 aliphatic carbocycles. The van der Waals surface area contributed by atoms with Crippen molar-refractivity contribution >= 4 is 27.3 Å². The fraction of sp³-hybridized carbons (Fsp3) is 0.286. The summed E-state index contributed by atoms with van der Waals surface area (Å²) in [6.45, 7) is 4.58. The van der Waals surface area contributed by atoms with Crippen LogP contribution in [0.4, 0.5) is 0 Å². The van der Waals surface area contributed by atoms with Crippen molar-refractivity contribution < 1.29 is 4.74 Å². The molecule has 96 valence electrons. The van der Waals surface area contributed by atoms with E-state index in [1.807, 2.05) is 12.3 Å². The number of benzene rings is 1. The van der Waals surface area contributed by atoms with Crippen LogP contribution < -0.4 is 10.5 Å². The Kier molecular flexibility index (Phi) is 4.43. The molecule has 1 heterocycles. The predicted octanol–water partition coefficient (Wildman–Crippen LogP) is 4.21. The maximum absolute atomic E-state index is 6.04. The fourth-order valence-corrected chi connectivity index (χ4v) is 3.19. The van der Waals surface area contributed by atoms with Gasteiger partial charge in [-0.15, -0.1) is 11.3 Å². The molecule has 2 N–H and O–H groups in total. The zero-order chi connectivity index (χ0) is 13.1. The molecule has 0 bridgehead atoms. The van der Waals surface area contributed by atoms with E-state index < -0.39 is 0 Å². The number of halogens is 1. The van der Waals surface area contributed by atoms with Crippen molar-refractivity contribution in [1.82, 2.24) is 0 Å². The van der Waals surface area contributed by atoms with Crippen LogP contribution in [-0.4, -0.2) is 6.54 Å². The van der Waals surface area contributed by atoms with E-state index in [-0.39, 0.29) is 6.10 Å². The van der Waals surface area contributed by atoms with Gasteiger partial charge in [0.25, 0.3) is 0 Å². The van der Waals surface area contributed by atoms with E-state index in [0.29, 0.717) is 6.54 Å². The van der Waals surface area contributed by atoms with Crippen LogP contribution in [0.25, 0.3) is 0 Å². The van der Waals surface area contributed by atoms with Crippen LogP contribution in [0.5, 0.6) is 5.75 Å². The summed E-state index contributed by atoms with van der Waals surface area (Å²) < 4.78 is 7.11. The largest absolute Gasteiger partial charge is 0.483 e. The van der Waals surface area contributed by atoms with Gasteiger partial charge in [0.1, 0.15) is 11.9 Å². The Morgan fingerprint density at radius 1 is 1.33 bits per heavy atom. The van der Waals surface area contributed by atoms with Gasteiger partial charge in [0.2, 0.25) is 0 Å². The third kappa shape index (κ3) is 3.13. The lowest BCUT2D eigenvalue weighted by Crippen LogP contribution is -2.17. The topological polar surface area (TPSA) is 35.2 Å². The maximum atomic E-state index is 6.04. The first-order chi connectivity index (χ1) is 8.60. The van der Waals surface area contributed by atoms with E-state index in [0.717, 1.165) is 20.7 Å². The van der Waals surface area contributed by atoms with E-state index >= 15 is 0 Å². The Balaban J connectivity index is 2.22. The Bertz CT molecular complexity index is 538. The van der Waals surface area contributed by atoms with E-state index in [9.17, 15) is 0 Å². The van der Waals surface area contributed by atoms with Crippen molar-refractivity contribution in [1.29, 1.82) is 0 Å². The zero-order valence-electron chi connectivity index (χ0n) is 10.4. The van der Waals surface area contributed by atoms with Gasteiger partial charge in [0.05, 0.1) is 0 Å². The summed E-state index contributed by atoms with van der Waals surface area (Å²) in [7, 11) is 0. The molecule has 4 heteroatoms. The molecule has 1 atom stereocenters. The second kappa shape index (κ2) is 5.87. The quantitative estimate of drug-likeness (QED) is 0.914. The minimum Gasteiger partial charge on any atom is -0.483 e. The molecule has 1 aromatic heterocycles. The molecule has 0 fully saturated rings. The van der Waals surface area contributed by atoms with Crippen LogP contribution >= 0.6 is 27.3 Å². The summed E-state index contributed by atoms with van der Waals surface area (Å²) in [6.07, 6.45) is -0.0817. The van der Waals surface area contributed by atoms with E-state index in [2.05, 4.69) is 47.1 Å². The van der Waals surface area contributed by atoms with Crippen LogP contribution in [0, 0.1) is 13.8 Å². The third-order valence-electron chi connectivity index (χ3n) is 2.73. The lowest BCUT2D eigenvalue weighted by molar-refractivity contribution is 0.216. The molecule has 0 spiro atoms. The van der Waals surface area contributed by atoms with Crippen molar-refractivity contribution in [3.8, 4) is 5.75 Å². The average molecular weight is 326 g/mol. The van der Waals surface area contributed by atoms with Gasteiger partial charge in [0, 0.05) is 21.3 Å². The Labute approximate surface area is 120 Å². The molecule has 18 heavy (non-hydrogen) atoms. The lowest BCUT2D eigenvalue weighted by Gasteiger charge is -2.18. The Hall–Kier alpha value is -0.840. The van der Waals surface area contributed by atoms with Gasteiger partial charge < -0.3 is 10.5 Å². The van der Waals surface area contributed by atoms with Crippen molar-refractivity contribution in [3.05, 3.63) is 50.1 Å². The third-order valence-corrected chi connectivity index (χ3v) is 4.52. The molecular formula is C14H16BrNOS. The van der Waals surface area contributed by atoms with E-state index in [1.54, 1.807) is 11.3 Å². The van der Waals surface area contributed by atoms with Crippen LogP contribution in [0.3, 0.4) is 0 Å². The van der Waals surface area contributed by atoms with Gasteiger partial charge in [-0.1, -0.05) is 12.1 Å². The first-order valence-electron chi connectivity index (χ1n) is 5.78. The molecule has 1 unspecified atom stereocenters. The predicted molar refractivity (Wildman–Crippen MR) is 80.4 cm³/mol. The molecule has 0 saturated carbocycles. The van der Waals surface area contributed by atoms with Crippen molar-refractivity contribution in [2.45, 2.75) is 20.0 Å². The number of thiophene rings is 1. The molecule has 0 radical (unpaired) electrons. The van der Waals surface area contributed by atoms with Crippen molar-refractivity contribution in [2.75, 3.05) is 6.54 Å². The number of hydrogen-bond acceptors (Lipinski definition) is 3. The highest BCUT2D eigenvalue weighted by Crippen LogP contribution is 2.30. The number of nitrogens with two attached hydrogens (primary N) is 1. The summed E-state index contributed by atoms with van der Waals surface area (Å²) >= 11 is 5.11. The fourth-order valence-electron chi connectivity index (χ4n) is 1.71. The minimum absolute atomic E-state index is 0.0817. The monoisotopic (exact) mass is 325 g/mol. The van der Waals surface area contributed by atoms with Crippen molar-refractivity contribution in [3.63, 3.8) is 0 Å². The van der Waals surface area contributed by atoms with Gasteiger partial charge >= 0.3 is 0 Å². The second-order valence-electron chi connectivity index (χ2n) is 4.28. The molecule has 2 nitrogen and oxygen atoms in total.